The molecule has 1 heterocycles. The van der Waals surface area contributed by atoms with E-state index in [1.54, 1.807) is 13.8 Å². The van der Waals surface area contributed by atoms with Crippen LogP contribution < -0.4 is 10.1 Å². The molecule has 2 aromatic rings. The van der Waals surface area contributed by atoms with Gasteiger partial charge in [-0.15, -0.1) is 0 Å². The van der Waals surface area contributed by atoms with Gasteiger partial charge in [-0.05, 0) is 19.9 Å². The number of methoxy groups -OCH3 is 1. The first kappa shape index (κ1) is 16.8. The molecule has 23 heavy (non-hydrogen) atoms. The lowest BCUT2D eigenvalue weighted by molar-refractivity contribution is -0.384. The topological polar surface area (TPSA) is 99.3 Å². The number of nitro groups is 1. The van der Waals surface area contributed by atoms with Gasteiger partial charge in [0.05, 0.1) is 40.2 Å². The Morgan fingerprint density at radius 2 is 2.17 bits per heavy atom. The molecule has 0 unspecified atom stereocenters. The maximum atomic E-state index is 12.1. The number of carbonyl (C=O) groups is 1. The Bertz CT molecular complexity index is 772. The highest BCUT2D eigenvalue weighted by Crippen LogP contribution is 2.29. The van der Waals surface area contributed by atoms with Crippen molar-refractivity contribution in [3.05, 3.63) is 44.7 Å². The van der Waals surface area contributed by atoms with Crippen molar-refractivity contribution in [2.75, 3.05) is 12.4 Å². The summed E-state index contributed by atoms with van der Waals surface area (Å²) in [6.07, 6.45) is 0. The first-order chi connectivity index (χ1) is 10.8. The molecule has 0 spiro atoms. The number of nitrogens with one attached hydrogen (secondary N) is 1. The Morgan fingerprint density at radius 3 is 2.70 bits per heavy atom. The SMILES string of the molecule is COc1cc([N+](=O)[O-])ccc1NC(=O)Cn1nc(C)c(Cl)c1C. The molecule has 0 fully saturated rings. The molecular weight excluding hydrogens is 324 g/mol. The first-order valence-corrected chi connectivity index (χ1v) is 7.03. The Hall–Kier alpha value is -2.61. The largest absolute Gasteiger partial charge is 0.494 e. The van der Waals surface area contributed by atoms with Crippen molar-refractivity contribution >= 4 is 28.9 Å². The summed E-state index contributed by atoms with van der Waals surface area (Å²) in [5.74, 6) is -0.140. The summed E-state index contributed by atoms with van der Waals surface area (Å²) in [6.45, 7) is 3.49. The van der Waals surface area contributed by atoms with Crippen LogP contribution in [-0.4, -0.2) is 27.7 Å². The number of hydrogen-bond donors (Lipinski definition) is 1. The van der Waals surface area contributed by atoms with Gasteiger partial charge in [-0.1, -0.05) is 11.6 Å². The summed E-state index contributed by atoms with van der Waals surface area (Å²) in [7, 11) is 1.37. The number of nitro benzene ring substituents is 1. The van der Waals surface area contributed by atoms with Gasteiger partial charge < -0.3 is 10.1 Å². The quantitative estimate of drug-likeness (QED) is 0.667. The molecule has 8 nitrogen and oxygen atoms in total. The van der Waals surface area contributed by atoms with Gasteiger partial charge in [0.2, 0.25) is 5.91 Å². The zero-order valence-corrected chi connectivity index (χ0v) is 13.5. The highest BCUT2D eigenvalue weighted by Gasteiger charge is 2.15. The van der Waals surface area contributed by atoms with Gasteiger partial charge in [0.15, 0.2) is 0 Å². The number of halogens is 1. The number of amides is 1. The van der Waals surface area contributed by atoms with Crippen LogP contribution >= 0.6 is 11.6 Å². The van der Waals surface area contributed by atoms with Crippen LogP contribution in [0.25, 0.3) is 0 Å². The summed E-state index contributed by atoms with van der Waals surface area (Å²) in [5.41, 5.74) is 1.56. The van der Waals surface area contributed by atoms with Gasteiger partial charge in [0, 0.05) is 6.07 Å². The van der Waals surface area contributed by atoms with E-state index >= 15 is 0 Å². The Kier molecular flexibility index (Phi) is 4.85. The second kappa shape index (κ2) is 6.66. The smallest absolute Gasteiger partial charge is 0.273 e. The van der Waals surface area contributed by atoms with E-state index < -0.39 is 4.92 Å². The fourth-order valence-electron chi connectivity index (χ4n) is 2.05. The van der Waals surface area contributed by atoms with Crippen LogP contribution in [0.2, 0.25) is 5.02 Å². The standard InChI is InChI=1S/C14H15ClN4O4/c1-8-14(15)9(2)18(17-8)7-13(20)16-11-5-4-10(19(21)22)6-12(11)23-3/h4-6H,7H2,1-3H3,(H,16,20). The van der Waals surface area contributed by atoms with E-state index in [1.807, 2.05) is 0 Å². The lowest BCUT2D eigenvalue weighted by Gasteiger charge is -2.10. The third-order valence-corrected chi connectivity index (χ3v) is 3.80. The lowest BCUT2D eigenvalue weighted by Crippen LogP contribution is -2.20. The number of carbonyl (C=O) groups excluding carboxylic acids is 1. The number of aryl methyl sites for hydroxylation is 1. The molecule has 1 aromatic carbocycles. The molecule has 0 radical (unpaired) electrons. The van der Waals surface area contributed by atoms with Gasteiger partial charge in [-0.25, -0.2) is 0 Å². The molecule has 0 aliphatic rings. The zero-order valence-electron chi connectivity index (χ0n) is 12.8. The maximum absolute atomic E-state index is 12.1. The molecule has 1 N–H and O–H groups in total. The first-order valence-electron chi connectivity index (χ1n) is 6.65. The van der Waals surface area contributed by atoms with Gasteiger partial charge in [-0.2, -0.15) is 5.10 Å². The highest BCUT2D eigenvalue weighted by atomic mass is 35.5. The van der Waals surface area contributed by atoms with Crippen LogP contribution in [0.5, 0.6) is 5.75 Å². The van der Waals surface area contributed by atoms with Crippen LogP contribution in [0, 0.1) is 24.0 Å². The van der Waals surface area contributed by atoms with Crippen molar-refractivity contribution in [3.63, 3.8) is 0 Å². The molecule has 0 atom stereocenters. The van der Waals surface area contributed by atoms with E-state index in [0.29, 0.717) is 22.1 Å². The fourth-order valence-corrected chi connectivity index (χ4v) is 2.19. The zero-order chi connectivity index (χ0) is 17.1. The predicted molar refractivity (Wildman–Crippen MR) is 85.0 cm³/mol. The van der Waals surface area contributed by atoms with Crippen molar-refractivity contribution in [1.82, 2.24) is 9.78 Å². The average molecular weight is 339 g/mol. The van der Waals surface area contributed by atoms with E-state index in [2.05, 4.69) is 10.4 Å². The summed E-state index contributed by atoms with van der Waals surface area (Å²) in [4.78, 5) is 22.4. The summed E-state index contributed by atoms with van der Waals surface area (Å²) in [6, 6.07) is 3.96. The second-order valence-corrected chi connectivity index (χ2v) is 5.21. The number of rotatable bonds is 5. The highest BCUT2D eigenvalue weighted by molar-refractivity contribution is 6.31. The molecule has 1 aromatic heterocycles. The van der Waals surface area contributed by atoms with Crippen molar-refractivity contribution in [2.45, 2.75) is 20.4 Å². The Morgan fingerprint density at radius 1 is 1.48 bits per heavy atom. The van der Waals surface area contributed by atoms with E-state index in [1.165, 1.54) is 30.0 Å². The number of anilines is 1. The third kappa shape index (κ3) is 3.59. The predicted octanol–water partition coefficient (Wildman–Crippen LogP) is 2.71. The minimum atomic E-state index is -0.536. The van der Waals surface area contributed by atoms with Crippen LogP contribution in [0.4, 0.5) is 11.4 Å². The van der Waals surface area contributed by atoms with E-state index in [0.717, 1.165) is 0 Å². The van der Waals surface area contributed by atoms with Crippen LogP contribution in [0.15, 0.2) is 18.2 Å². The van der Waals surface area contributed by atoms with Crippen molar-refractivity contribution in [2.24, 2.45) is 0 Å². The normalized spacial score (nSPS) is 10.4. The van der Waals surface area contributed by atoms with Gasteiger partial charge in [0.25, 0.3) is 5.69 Å². The minimum Gasteiger partial charge on any atom is -0.494 e. The monoisotopic (exact) mass is 338 g/mol. The number of nitrogens with zero attached hydrogens (tertiary/aromatic N) is 3. The summed E-state index contributed by atoms with van der Waals surface area (Å²) in [5, 5.41) is 18.1. The molecule has 0 saturated heterocycles. The van der Waals surface area contributed by atoms with Gasteiger partial charge in [-0.3, -0.25) is 19.6 Å². The molecule has 122 valence electrons. The maximum Gasteiger partial charge on any atom is 0.273 e. The number of ether oxygens (including phenoxy) is 1. The van der Waals surface area contributed by atoms with Gasteiger partial charge >= 0.3 is 0 Å². The van der Waals surface area contributed by atoms with E-state index in [9.17, 15) is 14.9 Å². The average Bonchev–Trinajstić information content (AvgIpc) is 2.74. The second-order valence-electron chi connectivity index (χ2n) is 4.83. The lowest BCUT2D eigenvalue weighted by atomic mass is 10.2. The van der Waals surface area contributed by atoms with Crippen LogP contribution in [-0.2, 0) is 11.3 Å². The molecule has 0 saturated carbocycles. The Balaban J connectivity index is 2.16. The van der Waals surface area contributed by atoms with Crippen molar-refractivity contribution in [3.8, 4) is 5.75 Å². The number of non-ortho nitro benzene ring substituents is 1. The molecule has 0 aliphatic carbocycles. The fraction of sp³-hybridized carbons (Fsp3) is 0.286. The molecule has 2 rings (SSSR count). The van der Waals surface area contributed by atoms with Gasteiger partial charge in [0.1, 0.15) is 12.3 Å². The summed E-state index contributed by atoms with van der Waals surface area (Å²) < 4.78 is 6.56. The molecule has 0 bridgehead atoms. The van der Waals surface area contributed by atoms with E-state index in [-0.39, 0.29) is 23.9 Å². The number of benzene rings is 1. The number of hydrogen-bond acceptors (Lipinski definition) is 5. The summed E-state index contributed by atoms with van der Waals surface area (Å²) >= 11 is 6.04. The van der Waals surface area contributed by atoms with Crippen molar-refractivity contribution in [1.29, 1.82) is 0 Å². The van der Waals surface area contributed by atoms with Crippen LogP contribution in [0.1, 0.15) is 11.4 Å². The molecular formula is C14H15ClN4O4. The molecule has 1 amide bonds. The Labute approximate surface area is 137 Å². The van der Waals surface area contributed by atoms with Crippen LogP contribution in [0.3, 0.4) is 0 Å². The van der Waals surface area contributed by atoms with Crippen molar-refractivity contribution < 1.29 is 14.5 Å². The molecule has 0 aliphatic heterocycles. The van der Waals surface area contributed by atoms with E-state index in [4.69, 9.17) is 16.3 Å². The molecule has 9 heteroatoms. The minimum absolute atomic E-state index is 0.0282. The third-order valence-electron chi connectivity index (χ3n) is 3.26. The number of aromatic nitrogens is 2.